The molecule has 1 aromatic carbocycles. The van der Waals surface area contributed by atoms with Crippen LogP contribution in [0.5, 0.6) is 0 Å². The van der Waals surface area contributed by atoms with Gasteiger partial charge in [0, 0.05) is 17.6 Å². The summed E-state index contributed by atoms with van der Waals surface area (Å²) in [6.45, 7) is 1.44. The molecule has 1 aliphatic carbocycles. The maximum absolute atomic E-state index is 11.2. The number of fused-ring (bicyclic) bond motifs is 1. The number of amides is 1. The van der Waals surface area contributed by atoms with Crippen molar-refractivity contribution in [1.82, 2.24) is 5.32 Å². The molecule has 6 heteroatoms. The van der Waals surface area contributed by atoms with Crippen molar-refractivity contribution in [3.63, 3.8) is 0 Å². The number of rotatable bonds is 2. The molecule has 0 saturated carbocycles. The zero-order valence-corrected chi connectivity index (χ0v) is 10.8. The molecule has 92 valence electrons. The summed E-state index contributed by atoms with van der Waals surface area (Å²) in [4.78, 5) is 11.1. The second-order valence-corrected chi connectivity index (χ2v) is 6.66. The van der Waals surface area contributed by atoms with Gasteiger partial charge in [0.1, 0.15) is 0 Å². The number of carbonyl (C=O) groups is 1. The summed E-state index contributed by atoms with van der Waals surface area (Å²) in [5.41, 5.74) is 1.91. The highest BCUT2D eigenvalue weighted by Gasteiger charge is 2.25. The maximum atomic E-state index is 11.2. The molecule has 0 bridgehead atoms. The number of nitrogens with one attached hydrogen (secondary N) is 1. The molecule has 0 spiro atoms. The van der Waals surface area contributed by atoms with Crippen LogP contribution in [0.15, 0.2) is 23.1 Å². The van der Waals surface area contributed by atoms with Crippen molar-refractivity contribution in [3.05, 3.63) is 29.3 Å². The molecule has 1 N–H and O–H groups in total. The fraction of sp³-hybridized carbons (Fsp3) is 0.364. The van der Waals surface area contributed by atoms with Gasteiger partial charge < -0.3 is 5.32 Å². The second kappa shape index (κ2) is 4.31. The molecule has 0 heterocycles. The van der Waals surface area contributed by atoms with E-state index in [9.17, 15) is 13.2 Å². The Kier molecular flexibility index (Phi) is 3.14. The second-order valence-electron chi connectivity index (χ2n) is 4.09. The molecule has 0 aliphatic heterocycles. The highest BCUT2D eigenvalue weighted by atomic mass is 35.7. The Balaban J connectivity index is 2.40. The van der Waals surface area contributed by atoms with E-state index in [4.69, 9.17) is 10.7 Å². The molecule has 2 rings (SSSR count). The van der Waals surface area contributed by atoms with Crippen LogP contribution in [-0.4, -0.2) is 14.3 Å². The predicted molar refractivity (Wildman–Crippen MR) is 64.4 cm³/mol. The Morgan fingerprint density at radius 3 is 2.76 bits per heavy atom. The number of halogens is 1. The van der Waals surface area contributed by atoms with Crippen LogP contribution in [-0.2, 0) is 20.3 Å². The number of hydrogen-bond acceptors (Lipinski definition) is 3. The average Bonchev–Trinajstić information content (AvgIpc) is 2.59. The summed E-state index contributed by atoms with van der Waals surface area (Å²) in [6.07, 6.45) is 1.63. The molecule has 0 fully saturated rings. The Hall–Kier alpha value is -1.07. The van der Waals surface area contributed by atoms with E-state index in [-0.39, 0.29) is 16.8 Å². The number of carbonyl (C=O) groups excluding carboxylic acids is 1. The zero-order chi connectivity index (χ0) is 12.6. The summed E-state index contributed by atoms with van der Waals surface area (Å²) >= 11 is 0. The third-order valence-corrected chi connectivity index (χ3v) is 4.21. The van der Waals surface area contributed by atoms with Crippen LogP contribution < -0.4 is 5.32 Å². The van der Waals surface area contributed by atoms with Crippen molar-refractivity contribution in [2.24, 2.45) is 0 Å². The van der Waals surface area contributed by atoms with Gasteiger partial charge in [0.05, 0.1) is 10.9 Å². The largest absolute Gasteiger partial charge is 0.350 e. The fourth-order valence-electron chi connectivity index (χ4n) is 2.13. The Morgan fingerprint density at radius 1 is 1.47 bits per heavy atom. The van der Waals surface area contributed by atoms with Gasteiger partial charge in [-0.25, -0.2) is 8.42 Å². The topological polar surface area (TPSA) is 63.2 Å². The van der Waals surface area contributed by atoms with E-state index in [1.54, 1.807) is 12.1 Å². The molecular formula is C11H12ClNO3S. The van der Waals surface area contributed by atoms with Crippen molar-refractivity contribution in [2.75, 3.05) is 0 Å². The average molecular weight is 274 g/mol. The fourth-order valence-corrected chi connectivity index (χ4v) is 2.91. The van der Waals surface area contributed by atoms with Gasteiger partial charge >= 0.3 is 0 Å². The standard InChI is InChI=1S/C11H12ClNO3S/c1-7(14)13-11-5-3-8-2-4-9(6-10(8)11)17(12,15)16/h2,4,6,11H,3,5H2,1H3,(H,13,14). The predicted octanol–water partition coefficient (Wildman–Crippen LogP) is 1.74. The smallest absolute Gasteiger partial charge is 0.261 e. The van der Waals surface area contributed by atoms with E-state index in [0.717, 1.165) is 24.0 Å². The number of hydrogen-bond donors (Lipinski definition) is 1. The summed E-state index contributed by atoms with van der Waals surface area (Å²) in [5.74, 6) is -0.123. The van der Waals surface area contributed by atoms with Crippen molar-refractivity contribution < 1.29 is 13.2 Å². The van der Waals surface area contributed by atoms with E-state index in [1.807, 2.05) is 0 Å². The van der Waals surface area contributed by atoms with Crippen LogP contribution in [0.3, 0.4) is 0 Å². The summed E-state index contributed by atoms with van der Waals surface area (Å²) in [5, 5.41) is 2.80. The van der Waals surface area contributed by atoms with Gasteiger partial charge in [-0.05, 0) is 36.1 Å². The van der Waals surface area contributed by atoms with Gasteiger partial charge in [-0.15, -0.1) is 0 Å². The highest BCUT2D eigenvalue weighted by Crippen LogP contribution is 2.33. The lowest BCUT2D eigenvalue weighted by molar-refractivity contribution is -0.119. The third-order valence-electron chi connectivity index (χ3n) is 2.85. The lowest BCUT2D eigenvalue weighted by atomic mass is 10.1. The molecular weight excluding hydrogens is 262 g/mol. The first-order chi connectivity index (χ1) is 7.88. The molecule has 1 unspecified atom stereocenters. The number of benzene rings is 1. The van der Waals surface area contributed by atoms with Gasteiger partial charge in [0.25, 0.3) is 9.05 Å². The van der Waals surface area contributed by atoms with Crippen LogP contribution in [0.1, 0.15) is 30.5 Å². The van der Waals surface area contributed by atoms with E-state index < -0.39 is 9.05 Å². The first-order valence-corrected chi connectivity index (χ1v) is 7.53. The Labute approximate surface area is 104 Å². The number of aryl methyl sites for hydroxylation is 1. The summed E-state index contributed by atoms with van der Waals surface area (Å²) in [7, 11) is 1.58. The minimum absolute atomic E-state index is 0.0789. The van der Waals surface area contributed by atoms with Crippen molar-refractivity contribution >= 4 is 25.6 Å². The van der Waals surface area contributed by atoms with Gasteiger partial charge in [0.15, 0.2) is 0 Å². The van der Waals surface area contributed by atoms with Gasteiger partial charge in [-0.1, -0.05) is 6.07 Å². The zero-order valence-electron chi connectivity index (χ0n) is 9.23. The summed E-state index contributed by atoms with van der Waals surface area (Å²) < 4.78 is 22.5. The van der Waals surface area contributed by atoms with E-state index in [1.165, 1.54) is 13.0 Å². The minimum atomic E-state index is -3.72. The monoisotopic (exact) mass is 273 g/mol. The molecule has 0 aromatic heterocycles. The van der Waals surface area contributed by atoms with Crippen LogP contribution >= 0.6 is 10.7 Å². The third kappa shape index (κ3) is 2.61. The van der Waals surface area contributed by atoms with Gasteiger partial charge in [0.2, 0.25) is 5.91 Å². The maximum Gasteiger partial charge on any atom is 0.261 e. The SMILES string of the molecule is CC(=O)NC1CCc2ccc(S(=O)(=O)Cl)cc21. The molecule has 0 radical (unpaired) electrons. The van der Waals surface area contributed by atoms with E-state index >= 15 is 0 Å². The quantitative estimate of drug-likeness (QED) is 0.835. The molecule has 0 saturated heterocycles. The first kappa shape index (κ1) is 12.4. The van der Waals surface area contributed by atoms with Crippen molar-refractivity contribution in [1.29, 1.82) is 0 Å². The lowest BCUT2D eigenvalue weighted by Crippen LogP contribution is -2.24. The van der Waals surface area contributed by atoms with Crippen LogP contribution in [0.4, 0.5) is 0 Å². The van der Waals surface area contributed by atoms with Crippen molar-refractivity contribution in [3.8, 4) is 0 Å². The van der Waals surface area contributed by atoms with Gasteiger partial charge in [-0.3, -0.25) is 4.79 Å². The minimum Gasteiger partial charge on any atom is -0.350 e. The molecule has 1 aliphatic rings. The molecule has 1 amide bonds. The first-order valence-electron chi connectivity index (χ1n) is 5.22. The lowest BCUT2D eigenvalue weighted by Gasteiger charge is -2.12. The molecule has 4 nitrogen and oxygen atoms in total. The highest BCUT2D eigenvalue weighted by molar-refractivity contribution is 8.13. The van der Waals surface area contributed by atoms with Crippen LogP contribution in [0.2, 0.25) is 0 Å². The normalized spacial score (nSPS) is 18.8. The van der Waals surface area contributed by atoms with E-state index in [2.05, 4.69) is 5.32 Å². The Morgan fingerprint density at radius 2 is 2.18 bits per heavy atom. The summed E-state index contributed by atoms with van der Waals surface area (Å²) in [6, 6.07) is 4.69. The Bertz CT molecular complexity index is 568. The van der Waals surface area contributed by atoms with Crippen LogP contribution in [0, 0.1) is 0 Å². The van der Waals surface area contributed by atoms with Crippen molar-refractivity contribution in [2.45, 2.75) is 30.7 Å². The molecule has 17 heavy (non-hydrogen) atoms. The molecule has 1 aromatic rings. The van der Waals surface area contributed by atoms with Crippen LogP contribution in [0.25, 0.3) is 0 Å². The van der Waals surface area contributed by atoms with E-state index in [0.29, 0.717) is 0 Å². The van der Waals surface area contributed by atoms with Gasteiger partial charge in [-0.2, -0.15) is 0 Å². The molecule has 1 atom stereocenters.